The van der Waals surface area contributed by atoms with Crippen molar-refractivity contribution in [1.82, 2.24) is 14.5 Å². The van der Waals surface area contributed by atoms with Crippen molar-refractivity contribution in [3.63, 3.8) is 0 Å². The van der Waals surface area contributed by atoms with E-state index in [0.29, 0.717) is 5.56 Å². The highest BCUT2D eigenvalue weighted by atomic mass is 15.1. The molecular weight excluding hydrogens is 200 g/mol. The molecule has 4 heteroatoms. The van der Waals surface area contributed by atoms with Gasteiger partial charge in [0, 0.05) is 12.4 Å². The summed E-state index contributed by atoms with van der Waals surface area (Å²) in [5.41, 5.74) is 2.29. The fraction of sp³-hybridized carbons (Fsp3) is 0.0833. The number of nitriles is 1. The highest BCUT2D eigenvalue weighted by Crippen LogP contribution is 2.11. The van der Waals surface area contributed by atoms with Crippen molar-refractivity contribution < 1.29 is 0 Å². The van der Waals surface area contributed by atoms with Gasteiger partial charge in [-0.15, -0.1) is 0 Å². The molecule has 0 spiro atoms. The second-order valence-corrected chi connectivity index (χ2v) is 3.38. The molecule has 0 saturated heterocycles. The van der Waals surface area contributed by atoms with Crippen LogP contribution in [0.1, 0.15) is 16.8 Å². The molecule has 4 nitrogen and oxygen atoms in total. The summed E-state index contributed by atoms with van der Waals surface area (Å²) in [6.07, 6.45) is 6.75. The number of hydrogen-bond donors (Lipinski definition) is 0. The smallest absolute Gasteiger partial charge is 0.138 e. The molecule has 0 saturated carbocycles. The van der Waals surface area contributed by atoms with E-state index in [-0.39, 0.29) is 0 Å². The second kappa shape index (κ2) is 3.99. The van der Waals surface area contributed by atoms with E-state index in [1.165, 1.54) is 0 Å². The van der Waals surface area contributed by atoms with Crippen LogP contribution in [0.3, 0.4) is 0 Å². The molecule has 0 bridgehead atoms. The van der Waals surface area contributed by atoms with Crippen molar-refractivity contribution in [3.8, 4) is 11.9 Å². The van der Waals surface area contributed by atoms with Crippen molar-refractivity contribution >= 4 is 6.08 Å². The monoisotopic (exact) mass is 210 g/mol. The molecule has 2 rings (SSSR count). The van der Waals surface area contributed by atoms with Gasteiger partial charge in [0.2, 0.25) is 0 Å². The molecule has 0 N–H and O–H groups in total. The first-order valence-corrected chi connectivity index (χ1v) is 4.78. The fourth-order valence-electron chi connectivity index (χ4n) is 1.37. The SMILES string of the molecule is C=Cc1cn(-c2cc(C)c(C#N)cn2)cn1. The van der Waals surface area contributed by atoms with E-state index in [1.54, 1.807) is 23.2 Å². The Balaban J connectivity index is 2.45. The molecule has 0 fully saturated rings. The minimum Gasteiger partial charge on any atom is -0.290 e. The predicted molar refractivity (Wildman–Crippen MR) is 60.9 cm³/mol. The van der Waals surface area contributed by atoms with Gasteiger partial charge in [-0.25, -0.2) is 9.97 Å². The first kappa shape index (κ1) is 10.1. The maximum absolute atomic E-state index is 8.80. The highest BCUT2D eigenvalue weighted by Gasteiger charge is 2.03. The fourth-order valence-corrected chi connectivity index (χ4v) is 1.37. The Kier molecular flexibility index (Phi) is 2.52. The van der Waals surface area contributed by atoms with E-state index in [1.807, 2.05) is 19.2 Å². The van der Waals surface area contributed by atoms with Gasteiger partial charge in [-0.3, -0.25) is 4.57 Å². The van der Waals surface area contributed by atoms with E-state index in [4.69, 9.17) is 5.26 Å². The average molecular weight is 210 g/mol. The van der Waals surface area contributed by atoms with Gasteiger partial charge in [-0.1, -0.05) is 6.58 Å². The lowest BCUT2D eigenvalue weighted by Crippen LogP contribution is -1.96. The predicted octanol–water partition coefficient (Wildman–Crippen LogP) is 2.09. The van der Waals surface area contributed by atoms with Crippen LogP contribution in [0.4, 0.5) is 0 Å². The molecule has 0 aliphatic heterocycles. The topological polar surface area (TPSA) is 54.5 Å². The number of hydrogen-bond acceptors (Lipinski definition) is 3. The van der Waals surface area contributed by atoms with Gasteiger partial charge in [-0.2, -0.15) is 5.26 Å². The van der Waals surface area contributed by atoms with Crippen molar-refractivity contribution in [1.29, 1.82) is 5.26 Å². The summed E-state index contributed by atoms with van der Waals surface area (Å²) in [6.45, 7) is 5.53. The molecule has 2 aromatic heterocycles. The van der Waals surface area contributed by atoms with Gasteiger partial charge >= 0.3 is 0 Å². The minimum absolute atomic E-state index is 0.591. The van der Waals surface area contributed by atoms with Gasteiger partial charge in [0.05, 0.1) is 11.3 Å². The lowest BCUT2D eigenvalue weighted by Gasteiger charge is -2.02. The van der Waals surface area contributed by atoms with Crippen molar-refractivity contribution in [2.24, 2.45) is 0 Å². The molecular formula is C12H10N4. The molecule has 0 amide bonds. The molecule has 0 unspecified atom stereocenters. The maximum Gasteiger partial charge on any atom is 0.138 e. The van der Waals surface area contributed by atoms with Crippen molar-refractivity contribution in [2.75, 3.05) is 0 Å². The van der Waals surface area contributed by atoms with Crippen LogP contribution in [-0.4, -0.2) is 14.5 Å². The van der Waals surface area contributed by atoms with Crippen LogP contribution in [0, 0.1) is 18.3 Å². The van der Waals surface area contributed by atoms with E-state index < -0.39 is 0 Å². The van der Waals surface area contributed by atoms with Crippen LogP contribution >= 0.6 is 0 Å². The molecule has 16 heavy (non-hydrogen) atoms. The van der Waals surface area contributed by atoms with Crippen LogP contribution in [0.15, 0.2) is 31.4 Å². The quantitative estimate of drug-likeness (QED) is 0.762. The van der Waals surface area contributed by atoms with Gasteiger partial charge in [-0.05, 0) is 24.6 Å². The zero-order valence-corrected chi connectivity index (χ0v) is 8.88. The zero-order valence-electron chi connectivity index (χ0n) is 8.88. The van der Waals surface area contributed by atoms with Gasteiger partial charge in [0.1, 0.15) is 18.2 Å². The maximum atomic E-state index is 8.80. The first-order chi connectivity index (χ1) is 7.74. The molecule has 0 radical (unpaired) electrons. The normalized spacial score (nSPS) is 9.75. The van der Waals surface area contributed by atoms with Crippen LogP contribution in [-0.2, 0) is 0 Å². The summed E-state index contributed by atoms with van der Waals surface area (Å²) in [4.78, 5) is 8.32. The lowest BCUT2D eigenvalue weighted by molar-refractivity contribution is 0.985. The van der Waals surface area contributed by atoms with Gasteiger partial charge in [0.25, 0.3) is 0 Å². The number of aryl methyl sites for hydroxylation is 1. The molecule has 0 aromatic carbocycles. The third-order valence-corrected chi connectivity index (χ3v) is 2.29. The second-order valence-electron chi connectivity index (χ2n) is 3.38. The molecule has 2 aromatic rings. The molecule has 0 aliphatic rings. The summed E-state index contributed by atoms with van der Waals surface area (Å²) in [6, 6.07) is 3.94. The summed E-state index contributed by atoms with van der Waals surface area (Å²) in [5, 5.41) is 8.80. The number of rotatable bonds is 2. The van der Waals surface area contributed by atoms with Crippen molar-refractivity contribution in [3.05, 3.63) is 48.2 Å². The third kappa shape index (κ3) is 1.71. The van der Waals surface area contributed by atoms with E-state index in [9.17, 15) is 0 Å². The summed E-state index contributed by atoms with van der Waals surface area (Å²) in [7, 11) is 0. The van der Waals surface area contributed by atoms with Crippen LogP contribution in [0.2, 0.25) is 0 Å². The van der Waals surface area contributed by atoms with E-state index >= 15 is 0 Å². The van der Waals surface area contributed by atoms with E-state index in [0.717, 1.165) is 17.1 Å². The van der Waals surface area contributed by atoms with Crippen molar-refractivity contribution in [2.45, 2.75) is 6.92 Å². The minimum atomic E-state index is 0.591. The summed E-state index contributed by atoms with van der Waals surface area (Å²) < 4.78 is 1.80. The van der Waals surface area contributed by atoms with Crippen LogP contribution in [0.25, 0.3) is 11.9 Å². The Hall–Kier alpha value is -2.41. The highest BCUT2D eigenvalue weighted by molar-refractivity contribution is 5.43. The standard InChI is InChI=1S/C12H10N4/c1-3-11-7-16(8-15-11)12-4-9(2)10(5-13)6-14-12/h3-4,6-8H,1H2,2H3. The third-order valence-electron chi connectivity index (χ3n) is 2.29. The Labute approximate surface area is 93.5 Å². The number of nitrogens with zero attached hydrogens (tertiary/aromatic N) is 4. The molecule has 2 heterocycles. The Morgan fingerprint density at radius 2 is 2.31 bits per heavy atom. The molecule has 0 aliphatic carbocycles. The van der Waals surface area contributed by atoms with Gasteiger partial charge < -0.3 is 0 Å². The van der Waals surface area contributed by atoms with E-state index in [2.05, 4.69) is 22.6 Å². The number of aromatic nitrogens is 3. The average Bonchev–Trinajstić information content (AvgIpc) is 2.77. The number of imidazole rings is 1. The molecule has 0 atom stereocenters. The molecule has 78 valence electrons. The lowest BCUT2D eigenvalue weighted by atomic mass is 10.2. The first-order valence-electron chi connectivity index (χ1n) is 4.78. The summed E-state index contributed by atoms with van der Waals surface area (Å²) >= 11 is 0. The van der Waals surface area contributed by atoms with Crippen LogP contribution < -0.4 is 0 Å². The zero-order chi connectivity index (χ0) is 11.5. The van der Waals surface area contributed by atoms with Crippen LogP contribution in [0.5, 0.6) is 0 Å². The summed E-state index contributed by atoms with van der Waals surface area (Å²) in [5.74, 6) is 0.747. The number of pyridine rings is 1. The Bertz CT molecular complexity index is 575. The Morgan fingerprint density at radius 3 is 2.88 bits per heavy atom. The van der Waals surface area contributed by atoms with Gasteiger partial charge in [0.15, 0.2) is 0 Å². The largest absolute Gasteiger partial charge is 0.290 e. The Morgan fingerprint density at radius 1 is 1.50 bits per heavy atom.